The van der Waals surface area contributed by atoms with E-state index in [-0.39, 0.29) is 11.9 Å². The maximum atomic E-state index is 10.9. The number of hydrogen-bond acceptors (Lipinski definition) is 6. The molecule has 0 rings (SSSR count). The molecule has 0 aromatic carbocycles. The van der Waals surface area contributed by atoms with E-state index in [1.807, 2.05) is 0 Å². The largest absolute Gasteiger partial charge is 0.706 e. The molecule has 0 radical (unpaired) electrons. The lowest BCUT2D eigenvalue weighted by Gasteiger charge is -2.25. The van der Waals surface area contributed by atoms with Crippen LogP contribution in [-0.2, 0) is 27.7 Å². The van der Waals surface area contributed by atoms with Crippen molar-refractivity contribution < 1.29 is 27.7 Å². The first-order valence-electron chi connectivity index (χ1n) is 4.46. The fraction of sp³-hybridized carbons (Fsp3) is 0.625. The maximum Gasteiger partial charge on any atom is 0.706 e. The van der Waals surface area contributed by atoms with E-state index in [0.717, 1.165) is 20.8 Å². The van der Waals surface area contributed by atoms with Crippen LogP contribution in [0, 0.1) is 0 Å². The van der Waals surface area contributed by atoms with Crippen LogP contribution < -0.4 is 0 Å². The van der Waals surface area contributed by atoms with Crippen LogP contribution in [0.25, 0.3) is 0 Å². The summed E-state index contributed by atoms with van der Waals surface area (Å²) in [5, 5.41) is 0. The van der Waals surface area contributed by atoms with Crippen molar-refractivity contribution in [2.75, 3.05) is 5.88 Å². The van der Waals surface area contributed by atoms with Gasteiger partial charge in [-0.25, -0.2) is 0 Å². The number of alkyl halides is 1. The Morgan fingerprint density at radius 3 is 1.44 bits per heavy atom. The summed E-state index contributed by atoms with van der Waals surface area (Å²) in [6.45, 7) is 3.38. The molecule has 0 spiro atoms. The molecule has 8 heteroatoms. The van der Waals surface area contributed by atoms with Gasteiger partial charge in [-0.05, 0) is 0 Å². The van der Waals surface area contributed by atoms with Gasteiger partial charge in [0, 0.05) is 26.7 Å². The summed E-state index contributed by atoms with van der Waals surface area (Å²) in [4.78, 5) is 32.7. The Kier molecular flexibility index (Phi) is 6.05. The molecule has 0 aliphatic carbocycles. The van der Waals surface area contributed by atoms with Crippen LogP contribution in [0.4, 0.5) is 0 Å². The predicted octanol–water partition coefficient (Wildman–Crippen LogP) is 0.853. The molecule has 0 saturated heterocycles. The summed E-state index contributed by atoms with van der Waals surface area (Å²) in [5.74, 6) is -2.04. The van der Waals surface area contributed by atoms with Gasteiger partial charge in [-0.3, -0.25) is 14.4 Å². The SMILES string of the molecule is CC(=O)O[Si](CCCl)(OC(C)=O)OC(C)=O. The Balaban J connectivity index is 4.93. The lowest BCUT2D eigenvalue weighted by atomic mass is 10.9. The summed E-state index contributed by atoms with van der Waals surface area (Å²) in [6, 6.07) is -0.00665. The van der Waals surface area contributed by atoms with Crippen LogP contribution in [0.1, 0.15) is 20.8 Å². The molecule has 92 valence electrons. The zero-order valence-corrected chi connectivity index (χ0v) is 11.0. The molecule has 0 saturated carbocycles. The molecule has 6 nitrogen and oxygen atoms in total. The minimum atomic E-state index is -3.67. The third-order valence-corrected chi connectivity index (χ3v) is 4.46. The van der Waals surface area contributed by atoms with Gasteiger partial charge >= 0.3 is 8.80 Å². The van der Waals surface area contributed by atoms with E-state index < -0.39 is 26.7 Å². The van der Waals surface area contributed by atoms with Crippen molar-refractivity contribution in [2.45, 2.75) is 26.8 Å². The summed E-state index contributed by atoms with van der Waals surface area (Å²) < 4.78 is 14.5. The van der Waals surface area contributed by atoms with E-state index in [9.17, 15) is 14.4 Å². The smallest absolute Gasteiger partial charge is 0.455 e. The van der Waals surface area contributed by atoms with E-state index in [2.05, 4.69) is 0 Å². The summed E-state index contributed by atoms with van der Waals surface area (Å²) >= 11 is 5.50. The lowest BCUT2D eigenvalue weighted by molar-refractivity contribution is -0.147. The van der Waals surface area contributed by atoms with Crippen molar-refractivity contribution in [1.82, 2.24) is 0 Å². The van der Waals surface area contributed by atoms with Crippen LogP contribution in [0.3, 0.4) is 0 Å². The fourth-order valence-electron chi connectivity index (χ4n) is 0.988. The van der Waals surface area contributed by atoms with Crippen LogP contribution in [-0.4, -0.2) is 32.6 Å². The fourth-order valence-corrected chi connectivity index (χ4v) is 3.66. The molecule has 0 heterocycles. The number of hydrogen-bond donors (Lipinski definition) is 0. The molecule has 0 aromatic heterocycles. The zero-order chi connectivity index (χ0) is 12.8. The molecule has 0 unspecified atom stereocenters. The second kappa shape index (κ2) is 6.49. The molecule has 0 aromatic rings. The second-order valence-electron chi connectivity index (χ2n) is 2.90. The van der Waals surface area contributed by atoms with E-state index in [1.165, 1.54) is 0 Å². The second-order valence-corrected chi connectivity index (χ2v) is 5.76. The van der Waals surface area contributed by atoms with Gasteiger partial charge < -0.3 is 13.3 Å². The Morgan fingerprint density at radius 2 is 1.25 bits per heavy atom. The van der Waals surface area contributed by atoms with Gasteiger partial charge in [0.05, 0.1) is 6.04 Å². The Hall–Kier alpha value is -1.08. The number of carbonyl (C=O) groups is 3. The van der Waals surface area contributed by atoms with Crippen LogP contribution in [0.5, 0.6) is 0 Å². The average Bonchev–Trinajstić information content (AvgIpc) is 1.98. The average molecular weight is 269 g/mol. The Bertz CT molecular complexity index is 251. The van der Waals surface area contributed by atoms with E-state index >= 15 is 0 Å². The predicted molar refractivity (Wildman–Crippen MR) is 56.6 cm³/mol. The van der Waals surface area contributed by atoms with Gasteiger partial charge in [-0.1, -0.05) is 0 Å². The first kappa shape index (κ1) is 14.9. The molecule has 0 aliphatic rings. The summed E-state index contributed by atoms with van der Waals surface area (Å²) in [5.41, 5.74) is 0. The van der Waals surface area contributed by atoms with Crippen molar-refractivity contribution in [1.29, 1.82) is 0 Å². The third-order valence-electron chi connectivity index (χ3n) is 1.30. The van der Waals surface area contributed by atoms with Gasteiger partial charge in [0.25, 0.3) is 17.9 Å². The van der Waals surface area contributed by atoms with Gasteiger partial charge in [0.15, 0.2) is 0 Å². The summed E-state index contributed by atoms with van der Waals surface area (Å²) in [7, 11) is -3.67. The normalized spacial score (nSPS) is 10.5. The van der Waals surface area contributed by atoms with Gasteiger partial charge in [-0.15, -0.1) is 11.6 Å². The minimum absolute atomic E-state index is 0.00665. The van der Waals surface area contributed by atoms with Gasteiger partial charge in [-0.2, -0.15) is 0 Å². The topological polar surface area (TPSA) is 78.9 Å². The Morgan fingerprint density at radius 1 is 0.938 bits per heavy atom. The third kappa shape index (κ3) is 5.71. The quantitative estimate of drug-likeness (QED) is 0.543. The number of rotatable bonds is 5. The molecule has 0 amide bonds. The lowest BCUT2D eigenvalue weighted by Crippen LogP contribution is -2.49. The number of halogens is 1. The molecule has 16 heavy (non-hydrogen) atoms. The van der Waals surface area contributed by atoms with E-state index in [0.29, 0.717) is 0 Å². The highest BCUT2D eigenvalue weighted by atomic mass is 35.5. The van der Waals surface area contributed by atoms with Crippen LogP contribution in [0.2, 0.25) is 6.04 Å². The highest BCUT2D eigenvalue weighted by molar-refractivity contribution is 6.66. The van der Waals surface area contributed by atoms with Crippen LogP contribution in [0.15, 0.2) is 0 Å². The van der Waals surface area contributed by atoms with Crippen molar-refractivity contribution in [3.05, 3.63) is 0 Å². The number of carbonyl (C=O) groups excluding carboxylic acids is 3. The monoisotopic (exact) mass is 268 g/mol. The van der Waals surface area contributed by atoms with E-state index in [4.69, 9.17) is 24.9 Å². The van der Waals surface area contributed by atoms with Crippen molar-refractivity contribution in [2.24, 2.45) is 0 Å². The van der Waals surface area contributed by atoms with Crippen molar-refractivity contribution >= 4 is 38.3 Å². The molecule has 0 aliphatic heterocycles. The minimum Gasteiger partial charge on any atom is -0.455 e. The van der Waals surface area contributed by atoms with Crippen LogP contribution >= 0.6 is 11.6 Å². The van der Waals surface area contributed by atoms with Gasteiger partial charge in [0.2, 0.25) is 0 Å². The van der Waals surface area contributed by atoms with Crippen molar-refractivity contribution in [3.63, 3.8) is 0 Å². The summed E-state index contributed by atoms with van der Waals surface area (Å²) in [6.07, 6.45) is 0. The highest BCUT2D eigenvalue weighted by Crippen LogP contribution is 2.17. The van der Waals surface area contributed by atoms with Gasteiger partial charge in [0.1, 0.15) is 0 Å². The zero-order valence-electron chi connectivity index (χ0n) is 9.24. The molecular formula is C8H13ClO6Si. The maximum absolute atomic E-state index is 10.9. The first-order valence-corrected chi connectivity index (χ1v) is 6.92. The first-order chi connectivity index (χ1) is 7.31. The molecule has 0 fully saturated rings. The molecule has 0 N–H and O–H groups in total. The Labute approximate surface area is 99.2 Å². The standard InChI is InChI=1S/C8H13ClO6Si/c1-6(10)13-16(5-4-9,14-7(2)11)15-8(3)12/h4-5H2,1-3H3. The molecule has 0 bridgehead atoms. The van der Waals surface area contributed by atoms with Crippen molar-refractivity contribution in [3.8, 4) is 0 Å². The highest BCUT2D eigenvalue weighted by Gasteiger charge is 2.51. The van der Waals surface area contributed by atoms with E-state index in [1.54, 1.807) is 0 Å². The molecule has 0 atom stereocenters. The molecular weight excluding hydrogens is 256 g/mol.